The Morgan fingerprint density at radius 1 is 0.897 bits per heavy atom. The molecule has 4 aliphatic carbocycles. The minimum absolute atomic E-state index is 0.0255. The van der Waals surface area contributed by atoms with Gasteiger partial charge in [-0.3, -0.25) is 19.2 Å². The molecular weight excluding hydrogens is 504 g/mol. The van der Waals surface area contributed by atoms with Crippen molar-refractivity contribution < 1.29 is 42.9 Å². The molecule has 4 fully saturated rings. The highest BCUT2D eigenvalue weighted by Crippen LogP contribution is 2.71. The van der Waals surface area contributed by atoms with Gasteiger partial charge in [0.1, 0.15) is 24.9 Å². The smallest absolute Gasteiger partial charge is 0.303 e. The lowest BCUT2D eigenvalue weighted by Gasteiger charge is -2.64. The Hall–Kier alpha value is -2.42. The second kappa shape index (κ2) is 9.89. The SMILES string of the molecule is CC(=O)OCC1O[C@]2(C1OC(C)=O)[C@H](OC(C)=O)CC1C3CC=C4C[C@@H](OC(C)=O)CC[C@]4(C)C3CC[C@@]12C. The number of carbonyl (C=O) groups is 4. The topological polar surface area (TPSA) is 114 Å². The first kappa shape index (κ1) is 28.1. The van der Waals surface area contributed by atoms with Crippen LogP contribution < -0.4 is 0 Å². The minimum atomic E-state index is -0.997. The summed E-state index contributed by atoms with van der Waals surface area (Å²) in [6.45, 7) is 10.1. The molecule has 1 aliphatic heterocycles. The van der Waals surface area contributed by atoms with E-state index in [0.29, 0.717) is 18.3 Å². The van der Waals surface area contributed by atoms with Gasteiger partial charge in [-0.25, -0.2) is 0 Å². The van der Waals surface area contributed by atoms with Crippen molar-refractivity contribution in [3.8, 4) is 0 Å². The van der Waals surface area contributed by atoms with Gasteiger partial charge in [0, 0.05) is 39.5 Å². The maximum absolute atomic E-state index is 12.3. The molecule has 0 aromatic carbocycles. The van der Waals surface area contributed by atoms with E-state index in [2.05, 4.69) is 19.9 Å². The first-order chi connectivity index (χ1) is 18.3. The number of ether oxygens (including phenoxy) is 5. The molecule has 0 radical (unpaired) electrons. The zero-order valence-corrected chi connectivity index (χ0v) is 23.9. The highest BCUT2D eigenvalue weighted by atomic mass is 16.7. The molecule has 0 aromatic rings. The number of fused-ring (bicyclic) bond motifs is 6. The molecule has 0 aromatic heterocycles. The average molecular weight is 547 g/mol. The van der Waals surface area contributed by atoms with E-state index in [1.165, 1.54) is 33.3 Å². The summed E-state index contributed by atoms with van der Waals surface area (Å²) in [6.07, 6.45) is 6.40. The van der Waals surface area contributed by atoms with Crippen molar-refractivity contribution in [1.82, 2.24) is 0 Å². The van der Waals surface area contributed by atoms with Crippen LogP contribution in [0.4, 0.5) is 0 Å². The second-order valence-electron chi connectivity index (χ2n) is 12.8. The van der Waals surface area contributed by atoms with Gasteiger partial charge < -0.3 is 23.7 Å². The van der Waals surface area contributed by atoms with Crippen molar-refractivity contribution in [2.75, 3.05) is 6.61 Å². The van der Waals surface area contributed by atoms with E-state index in [1.54, 1.807) is 0 Å². The lowest BCUT2D eigenvalue weighted by Crippen LogP contribution is -2.77. The Labute approximate surface area is 230 Å². The molecule has 5 aliphatic rings. The van der Waals surface area contributed by atoms with E-state index in [1.807, 2.05) is 0 Å². The van der Waals surface area contributed by atoms with Gasteiger partial charge in [-0.2, -0.15) is 0 Å². The molecule has 0 N–H and O–H groups in total. The number of rotatable bonds is 5. The minimum Gasteiger partial charge on any atom is -0.463 e. The number of allylic oxidation sites excluding steroid dienone is 1. The Kier molecular flexibility index (Phi) is 7.13. The van der Waals surface area contributed by atoms with Crippen LogP contribution in [0.25, 0.3) is 0 Å². The van der Waals surface area contributed by atoms with Crippen LogP contribution in [0.3, 0.4) is 0 Å². The largest absolute Gasteiger partial charge is 0.463 e. The number of hydrogen-bond donors (Lipinski definition) is 0. The Morgan fingerprint density at radius 3 is 2.23 bits per heavy atom. The van der Waals surface area contributed by atoms with Crippen molar-refractivity contribution >= 4 is 23.9 Å². The summed E-state index contributed by atoms with van der Waals surface area (Å²) in [4.78, 5) is 47.7. The van der Waals surface area contributed by atoms with E-state index in [-0.39, 0.29) is 30.0 Å². The molecule has 5 rings (SSSR count). The Balaban J connectivity index is 1.47. The van der Waals surface area contributed by atoms with E-state index in [4.69, 9.17) is 23.7 Å². The monoisotopic (exact) mass is 546 g/mol. The van der Waals surface area contributed by atoms with Gasteiger partial charge in [0.15, 0.2) is 11.7 Å². The van der Waals surface area contributed by atoms with Crippen molar-refractivity contribution in [1.29, 1.82) is 0 Å². The second-order valence-corrected chi connectivity index (χ2v) is 12.8. The van der Waals surface area contributed by atoms with Crippen LogP contribution >= 0.6 is 0 Å². The molecule has 216 valence electrons. The molecular formula is C30H42O9. The van der Waals surface area contributed by atoms with E-state index in [0.717, 1.165) is 38.5 Å². The highest BCUT2D eigenvalue weighted by Gasteiger charge is 2.78. The molecule has 9 heteroatoms. The normalized spacial score (nSPS) is 44.1. The van der Waals surface area contributed by atoms with Gasteiger partial charge in [-0.15, -0.1) is 0 Å². The summed E-state index contributed by atoms with van der Waals surface area (Å²) >= 11 is 0. The van der Waals surface area contributed by atoms with Crippen LogP contribution in [0.1, 0.15) is 86.5 Å². The van der Waals surface area contributed by atoms with Gasteiger partial charge >= 0.3 is 23.9 Å². The van der Waals surface area contributed by atoms with Crippen molar-refractivity contribution in [3.63, 3.8) is 0 Å². The fourth-order valence-electron chi connectivity index (χ4n) is 9.28. The van der Waals surface area contributed by atoms with Crippen molar-refractivity contribution in [3.05, 3.63) is 11.6 Å². The zero-order chi connectivity index (χ0) is 28.3. The summed E-state index contributed by atoms with van der Waals surface area (Å²) < 4.78 is 29.2. The fourth-order valence-corrected chi connectivity index (χ4v) is 9.28. The molecule has 9 nitrogen and oxygen atoms in total. The van der Waals surface area contributed by atoms with Gasteiger partial charge in [-0.1, -0.05) is 25.5 Å². The molecule has 39 heavy (non-hydrogen) atoms. The van der Waals surface area contributed by atoms with Crippen molar-refractivity contribution in [2.24, 2.45) is 28.6 Å². The van der Waals surface area contributed by atoms with Gasteiger partial charge in [0.25, 0.3) is 0 Å². The molecule has 1 spiro atoms. The molecule has 0 bridgehead atoms. The molecule has 3 saturated carbocycles. The fraction of sp³-hybridized carbons (Fsp3) is 0.800. The highest BCUT2D eigenvalue weighted by molar-refractivity contribution is 5.68. The predicted molar refractivity (Wildman–Crippen MR) is 138 cm³/mol. The summed E-state index contributed by atoms with van der Waals surface area (Å²) in [5.74, 6) is -0.507. The van der Waals surface area contributed by atoms with Gasteiger partial charge in [0.05, 0.1) is 0 Å². The molecule has 10 atom stereocenters. The molecule has 1 saturated heterocycles. The Morgan fingerprint density at radius 2 is 1.59 bits per heavy atom. The first-order valence-corrected chi connectivity index (χ1v) is 14.3. The molecule has 5 unspecified atom stereocenters. The van der Waals surface area contributed by atoms with Crippen LogP contribution in [0.5, 0.6) is 0 Å². The predicted octanol–water partition coefficient (Wildman–Crippen LogP) is 4.05. The third-order valence-electron chi connectivity index (χ3n) is 10.8. The summed E-state index contributed by atoms with van der Waals surface area (Å²) in [5, 5.41) is 0. The van der Waals surface area contributed by atoms with E-state index < -0.39 is 47.2 Å². The van der Waals surface area contributed by atoms with Crippen molar-refractivity contribution in [2.45, 2.75) is 117 Å². The number of esters is 4. The third kappa shape index (κ3) is 4.39. The van der Waals surface area contributed by atoms with E-state index in [9.17, 15) is 19.2 Å². The standard InChI is InChI=1S/C30H42O9/c1-16(31)35-15-25-27(38-19(4)34)30(39-25)26(37-18(3)33)14-24-22-8-7-20-13-21(36-17(2)32)9-11-28(20,5)23(22)10-12-29(24,30)6/h7,21-27H,8-15H2,1-6H3/t21-,22?,23?,24?,25?,26+,27?,28-,29-,30-/m0/s1. The van der Waals surface area contributed by atoms with Gasteiger partial charge in [-0.05, 0) is 61.7 Å². The molecule has 1 heterocycles. The summed E-state index contributed by atoms with van der Waals surface area (Å²) in [7, 11) is 0. The lowest BCUT2D eigenvalue weighted by atomic mass is 9.46. The third-order valence-corrected chi connectivity index (χ3v) is 10.8. The number of hydrogen-bond acceptors (Lipinski definition) is 9. The number of carbonyl (C=O) groups excluding carboxylic acids is 4. The first-order valence-electron chi connectivity index (χ1n) is 14.3. The lowest BCUT2D eigenvalue weighted by molar-refractivity contribution is -0.361. The quantitative estimate of drug-likeness (QED) is 0.286. The summed E-state index contributed by atoms with van der Waals surface area (Å²) in [6, 6.07) is 0. The van der Waals surface area contributed by atoms with Crippen LogP contribution in [0.15, 0.2) is 11.6 Å². The van der Waals surface area contributed by atoms with Crippen LogP contribution in [0, 0.1) is 28.6 Å². The van der Waals surface area contributed by atoms with Crippen LogP contribution in [-0.2, 0) is 42.9 Å². The van der Waals surface area contributed by atoms with Crippen LogP contribution in [-0.4, -0.2) is 60.5 Å². The zero-order valence-electron chi connectivity index (χ0n) is 23.9. The van der Waals surface area contributed by atoms with E-state index >= 15 is 0 Å². The maximum atomic E-state index is 12.3. The van der Waals surface area contributed by atoms with Crippen LogP contribution in [0.2, 0.25) is 0 Å². The average Bonchev–Trinajstić information content (AvgIpc) is 3.09. The summed E-state index contributed by atoms with van der Waals surface area (Å²) in [5.41, 5.74) is 0.0231. The Bertz CT molecular complexity index is 1080. The molecule has 0 amide bonds. The van der Waals surface area contributed by atoms with Gasteiger partial charge in [0.2, 0.25) is 0 Å². The maximum Gasteiger partial charge on any atom is 0.303 e.